The molecule has 0 heterocycles. The van der Waals surface area contributed by atoms with E-state index in [0.717, 1.165) is 25.7 Å². The summed E-state index contributed by atoms with van der Waals surface area (Å²) in [5.41, 5.74) is -1.16. The van der Waals surface area contributed by atoms with Crippen molar-refractivity contribution in [3.63, 3.8) is 0 Å². The minimum absolute atomic E-state index is 0.0863. The van der Waals surface area contributed by atoms with Crippen LogP contribution >= 0.6 is 11.8 Å². The number of thioether (sulfide) groups is 1. The Kier molecular flexibility index (Phi) is 4.99. The molecule has 4 aliphatic carbocycles. The van der Waals surface area contributed by atoms with E-state index in [1.807, 2.05) is 19.3 Å². The molecule has 3 fully saturated rings. The predicted molar refractivity (Wildman–Crippen MR) is 108 cm³/mol. The smallest absolute Gasteiger partial charge is 0.339 e. The van der Waals surface area contributed by atoms with Crippen molar-refractivity contribution in [1.29, 1.82) is 0 Å². The first-order chi connectivity index (χ1) is 13.2. The van der Waals surface area contributed by atoms with Gasteiger partial charge in [0, 0.05) is 11.8 Å². The van der Waals surface area contributed by atoms with Crippen molar-refractivity contribution in [3.8, 4) is 0 Å². The Morgan fingerprint density at radius 3 is 2.75 bits per heavy atom. The Morgan fingerprint density at radius 1 is 1.29 bits per heavy atom. The van der Waals surface area contributed by atoms with Gasteiger partial charge in [0.15, 0.2) is 11.4 Å². The second-order valence-corrected chi connectivity index (χ2v) is 10.6. The Labute approximate surface area is 171 Å². The summed E-state index contributed by atoms with van der Waals surface area (Å²) in [5, 5.41) is 22.7. The largest absolute Gasteiger partial charge is 0.452 e. The Hall–Kier alpha value is -0.850. The van der Waals surface area contributed by atoms with Crippen LogP contribution in [0.3, 0.4) is 0 Å². The van der Waals surface area contributed by atoms with Crippen molar-refractivity contribution in [1.82, 2.24) is 0 Å². The molecule has 2 unspecified atom stereocenters. The molecule has 5 nitrogen and oxygen atoms in total. The lowest BCUT2D eigenvalue weighted by atomic mass is 9.45. The van der Waals surface area contributed by atoms with E-state index < -0.39 is 23.1 Å². The molecule has 2 N–H and O–H groups in total. The average molecular weight is 409 g/mol. The summed E-state index contributed by atoms with van der Waals surface area (Å²) in [4.78, 5) is 24.7. The van der Waals surface area contributed by atoms with Gasteiger partial charge in [0.05, 0.1) is 6.10 Å². The van der Waals surface area contributed by atoms with Gasteiger partial charge >= 0.3 is 5.97 Å². The number of hydrogen-bond acceptors (Lipinski definition) is 6. The van der Waals surface area contributed by atoms with Gasteiger partial charge in [0.2, 0.25) is 0 Å². The number of esters is 1. The quantitative estimate of drug-likeness (QED) is 0.552. The number of carbonyl (C=O) groups is 2. The van der Waals surface area contributed by atoms with Gasteiger partial charge in [-0.25, -0.2) is 4.79 Å². The van der Waals surface area contributed by atoms with E-state index >= 15 is 0 Å². The van der Waals surface area contributed by atoms with Crippen LogP contribution in [0.2, 0.25) is 0 Å². The molecule has 0 radical (unpaired) electrons. The molecular weight excluding hydrogens is 376 g/mol. The number of allylic oxidation sites excluding steroid dienone is 1. The van der Waals surface area contributed by atoms with Gasteiger partial charge in [-0.15, -0.1) is 11.8 Å². The molecule has 156 valence electrons. The summed E-state index contributed by atoms with van der Waals surface area (Å²) < 4.78 is 5.33. The zero-order chi connectivity index (χ0) is 20.3. The van der Waals surface area contributed by atoms with Crippen molar-refractivity contribution in [2.75, 3.05) is 12.2 Å². The maximum absolute atomic E-state index is 12.8. The van der Waals surface area contributed by atoms with E-state index in [-0.39, 0.29) is 34.9 Å². The molecular formula is C22H32O5S. The summed E-state index contributed by atoms with van der Waals surface area (Å²) in [6.07, 6.45) is 7.79. The number of carbonyl (C=O) groups excluding carboxylic acids is 2. The highest BCUT2D eigenvalue weighted by molar-refractivity contribution is 7.98. The summed E-state index contributed by atoms with van der Waals surface area (Å²) in [5.74, 6) is 0.422. The topological polar surface area (TPSA) is 83.8 Å². The predicted octanol–water partition coefficient (Wildman–Crippen LogP) is 3.08. The molecule has 4 aliphatic rings. The molecule has 0 saturated heterocycles. The van der Waals surface area contributed by atoms with E-state index in [4.69, 9.17) is 4.74 Å². The summed E-state index contributed by atoms with van der Waals surface area (Å²) >= 11 is 1.41. The average Bonchev–Trinajstić information content (AvgIpc) is 2.92. The van der Waals surface area contributed by atoms with Gasteiger partial charge in [0.1, 0.15) is 5.94 Å². The van der Waals surface area contributed by atoms with Crippen LogP contribution in [0.4, 0.5) is 0 Å². The molecule has 0 aliphatic heterocycles. The summed E-state index contributed by atoms with van der Waals surface area (Å²) in [6, 6.07) is 0. The fourth-order valence-electron chi connectivity index (χ4n) is 7.26. The molecule has 7 atom stereocenters. The number of aliphatic hydroxyl groups excluding tert-OH is 1. The molecule has 28 heavy (non-hydrogen) atoms. The Morgan fingerprint density at radius 2 is 2.04 bits per heavy atom. The van der Waals surface area contributed by atoms with Crippen molar-refractivity contribution in [2.45, 2.75) is 70.5 Å². The van der Waals surface area contributed by atoms with E-state index in [1.165, 1.54) is 17.3 Å². The highest BCUT2D eigenvalue weighted by atomic mass is 32.2. The van der Waals surface area contributed by atoms with E-state index in [1.54, 1.807) is 0 Å². The number of aliphatic hydroxyl groups is 2. The monoisotopic (exact) mass is 408 g/mol. The van der Waals surface area contributed by atoms with Crippen LogP contribution in [-0.4, -0.2) is 45.9 Å². The third-order valence-electron chi connectivity index (χ3n) is 8.69. The van der Waals surface area contributed by atoms with Crippen LogP contribution in [0.1, 0.15) is 58.8 Å². The van der Waals surface area contributed by atoms with Gasteiger partial charge < -0.3 is 14.9 Å². The molecule has 3 saturated carbocycles. The fraction of sp³-hybridized carbons (Fsp3) is 0.818. The summed E-state index contributed by atoms with van der Waals surface area (Å²) in [7, 11) is 0. The second-order valence-electron chi connectivity index (χ2n) is 9.81. The lowest BCUT2D eigenvalue weighted by molar-refractivity contribution is -0.197. The molecule has 0 aromatic carbocycles. The number of hydrogen-bond donors (Lipinski definition) is 2. The second kappa shape index (κ2) is 6.85. The fourth-order valence-corrected chi connectivity index (χ4v) is 7.48. The van der Waals surface area contributed by atoms with Crippen LogP contribution in [0, 0.1) is 28.6 Å². The van der Waals surface area contributed by atoms with Gasteiger partial charge in [-0.1, -0.05) is 19.4 Å². The third-order valence-corrected chi connectivity index (χ3v) is 9.05. The molecule has 6 heteroatoms. The van der Waals surface area contributed by atoms with Crippen molar-refractivity contribution in [3.05, 3.63) is 11.6 Å². The molecule has 0 amide bonds. The lowest BCUT2D eigenvalue weighted by Gasteiger charge is -2.60. The summed E-state index contributed by atoms with van der Waals surface area (Å²) in [6.45, 7) is 4.18. The standard InChI is InChI=1S/C22H32O5S/c1-20-8-6-14(23)10-13(20)4-5-15-16-7-9-22(26,19(25)27-12-28-3)21(16,2)11-17(24)18(15)20/h10,15-18,24,26H,4-9,11-12H2,1-3H3/t15-,16-,17?,18-,20-,21-,22?/m0/s1. The van der Waals surface area contributed by atoms with Crippen LogP contribution < -0.4 is 0 Å². The van der Waals surface area contributed by atoms with Crippen LogP contribution in [0.5, 0.6) is 0 Å². The van der Waals surface area contributed by atoms with Crippen molar-refractivity contribution < 1.29 is 24.5 Å². The maximum Gasteiger partial charge on any atom is 0.339 e. The van der Waals surface area contributed by atoms with E-state index in [9.17, 15) is 19.8 Å². The number of rotatable bonds is 3. The van der Waals surface area contributed by atoms with Gasteiger partial charge in [-0.3, -0.25) is 4.79 Å². The molecule has 0 bridgehead atoms. The zero-order valence-electron chi connectivity index (χ0n) is 17.1. The van der Waals surface area contributed by atoms with Crippen LogP contribution in [0.15, 0.2) is 11.6 Å². The molecule has 0 aromatic rings. The van der Waals surface area contributed by atoms with Gasteiger partial charge in [-0.05, 0) is 74.0 Å². The van der Waals surface area contributed by atoms with E-state index in [2.05, 4.69) is 6.92 Å². The maximum atomic E-state index is 12.8. The van der Waals surface area contributed by atoms with Crippen LogP contribution in [0.25, 0.3) is 0 Å². The van der Waals surface area contributed by atoms with Crippen LogP contribution in [-0.2, 0) is 14.3 Å². The Balaban J connectivity index is 1.67. The van der Waals surface area contributed by atoms with E-state index in [0.29, 0.717) is 19.3 Å². The SMILES string of the molecule is CSCOC(=O)C1(O)CC[C@H]2[C@@H]3CCC4=CC(=O)CC[C@]4(C)[C@@H]3C(O)C[C@@]21C. The molecule has 0 spiro atoms. The first-order valence-electron chi connectivity index (χ1n) is 10.5. The first-order valence-corrected chi connectivity index (χ1v) is 11.9. The normalized spacial score (nSPS) is 47.6. The number of ketones is 1. The third kappa shape index (κ3) is 2.67. The highest BCUT2D eigenvalue weighted by Gasteiger charge is 2.69. The van der Waals surface area contributed by atoms with Crippen molar-refractivity contribution in [2.24, 2.45) is 28.6 Å². The molecule has 4 rings (SSSR count). The first kappa shape index (κ1) is 20.4. The van der Waals surface area contributed by atoms with Gasteiger partial charge in [-0.2, -0.15) is 0 Å². The van der Waals surface area contributed by atoms with Gasteiger partial charge in [0.25, 0.3) is 0 Å². The lowest BCUT2D eigenvalue weighted by Crippen LogP contribution is -2.61. The minimum atomic E-state index is -1.53. The zero-order valence-corrected chi connectivity index (χ0v) is 17.9. The van der Waals surface area contributed by atoms with Crippen molar-refractivity contribution >= 4 is 23.5 Å². The minimum Gasteiger partial charge on any atom is -0.452 e. The number of ether oxygens (including phenoxy) is 1. The molecule has 0 aromatic heterocycles. The number of fused-ring (bicyclic) bond motifs is 5. The highest BCUT2D eigenvalue weighted by Crippen LogP contribution is 2.67. The Bertz CT molecular complexity index is 720.